The van der Waals surface area contributed by atoms with E-state index in [2.05, 4.69) is 5.32 Å². The largest absolute Gasteiger partial charge is 0.458 e. The predicted molar refractivity (Wildman–Crippen MR) is 110 cm³/mol. The summed E-state index contributed by atoms with van der Waals surface area (Å²) < 4.78 is 5.38. The lowest BCUT2D eigenvalue weighted by molar-refractivity contribution is -0.169. The number of amides is 3. The Kier molecular flexibility index (Phi) is 5.46. The van der Waals surface area contributed by atoms with E-state index in [-0.39, 0.29) is 25.0 Å². The van der Waals surface area contributed by atoms with Crippen LogP contribution >= 0.6 is 0 Å². The monoisotopic (exact) mass is 421 g/mol. The van der Waals surface area contributed by atoms with Crippen LogP contribution in [0.2, 0.25) is 0 Å². The fraction of sp³-hybridized carbons (Fsp3) is 0.304. The number of fused-ring (bicyclic) bond motifs is 1. The summed E-state index contributed by atoms with van der Waals surface area (Å²) in [6.45, 7) is 3.46. The van der Waals surface area contributed by atoms with Gasteiger partial charge in [-0.05, 0) is 24.6 Å². The zero-order valence-electron chi connectivity index (χ0n) is 17.3. The minimum Gasteiger partial charge on any atom is -0.458 e. The molecule has 2 fully saturated rings. The summed E-state index contributed by atoms with van der Waals surface area (Å²) in [6.07, 6.45) is -1.12. The molecule has 0 spiro atoms. The molecule has 2 unspecified atom stereocenters. The summed E-state index contributed by atoms with van der Waals surface area (Å²) in [6, 6.07) is 14.9. The molecule has 0 saturated carbocycles. The number of nitrogens with one attached hydrogen (secondary N) is 1. The highest BCUT2D eigenvalue weighted by molar-refractivity contribution is 6.02. The Hall–Kier alpha value is -3.68. The zero-order chi connectivity index (χ0) is 22.1. The third-order valence-corrected chi connectivity index (χ3v) is 5.64. The Bertz CT molecular complexity index is 1020. The Balaban J connectivity index is 1.45. The molecule has 8 heteroatoms. The average Bonchev–Trinajstić information content (AvgIpc) is 3.13. The smallest absolute Gasteiger partial charge is 0.350 e. The number of hydrogen-bond acceptors (Lipinski definition) is 5. The van der Waals surface area contributed by atoms with Crippen LogP contribution in [0, 0.1) is 6.92 Å². The average molecular weight is 421 g/mol. The van der Waals surface area contributed by atoms with Crippen molar-refractivity contribution in [2.75, 3.05) is 6.54 Å². The van der Waals surface area contributed by atoms with E-state index in [0.29, 0.717) is 5.56 Å². The molecule has 2 aromatic rings. The van der Waals surface area contributed by atoms with E-state index in [1.54, 1.807) is 12.1 Å². The molecule has 1 N–H and O–H groups in total. The first-order valence-electron chi connectivity index (χ1n) is 10.0. The van der Waals surface area contributed by atoms with E-state index in [0.717, 1.165) is 11.1 Å². The highest BCUT2D eigenvalue weighted by atomic mass is 16.5. The molecule has 160 valence electrons. The molecule has 0 bridgehead atoms. The summed E-state index contributed by atoms with van der Waals surface area (Å²) >= 11 is 0. The Labute approximate surface area is 179 Å². The van der Waals surface area contributed by atoms with Crippen molar-refractivity contribution < 1.29 is 23.9 Å². The minimum atomic E-state index is -1.12. The van der Waals surface area contributed by atoms with E-state index in [1.165, 1.54) is 16.7 Å². The topological polar surface area (TPSA) is 96.0 Å². The summed E-state index contributed by atoms with van der Waals surface area (Å²) in [4.78, 5) is 52.8. The van der Waals surface area contributed by atoms with Gasteiger partial charge in [-0.25, -0.2) is 4.79 Å². The number of aryl methyl sites for hydroxylation is 1. The quantitative estimate of drug-likeness (QED) is 0.579. The third-order valence-electron chi connectivity index (χ3n) is 5.64. The van der Waals surface area contributed by atoms with E-state index >= 15 is 0 Å². The lowest BCUT2D eigenvalue weighted by Crippen LogP contribution is -2.71. The predicted octanol–water partition coefficient (Wildman–Crippen LogP) is 1.24. The third kappa shape index (κ3) is 3.88. The molecule has 31 heavy (non-hydrogen) atoms. The van der Waals surface area contributed by atoms with Gasteiger partial charge in [-0.3, -0.25) is 14.4 Å². The summed E-state index contributed by atoms with van der Waals surface area (Å²) in [5, 5.41) is 2.73. The second-order valence-corrected chi connectivity index (χ2v) is 7.77. The molecule has 4 rings (SSSR count). The van der Waals surface area contributed by atoms with Crippen LogP contribution in [0.4, 0.5) is 0 Å². The van der Waals surface area contributed by atoms with Crippen LogP contribution in [-0.4, -0.2) is 58.3 Å². The zero-order valence-corrected chi connectivity index (χ0v) is 17.3. The molecule has 3 atom stereocenters. The molecule has 0 aromatic heterocycles. The van der Waals surface area contributed by atoms with E-state index in [9.17, 15) is 19.2 Å². The van der Waals surface area contributed by atoms with Crippen LogP contribution in [0.3, 0.4) is 0 Å². The number of rotatable bonds is 5. The first-order valence-corrected chi connectivity index (χ1v) is 10.0. The second kappa shape index (κ2) is 8.22. The SMILES string of the molecule is CC(=O)N1CC2[C@@H](NC(=O)c3ccc(C)cc3)C(=O)N2C1C(=O)OCc1ccccc1. The van der Waals surface area contributed by atoms with Gasteiger partial charge in [0.05, 0.1) is 6.04 Å². The van der Waals surface area contributed by atoms with Gasteiger partial charge in [0.2, 0.25) is 18.0 Å². The van der Waals surface area contributed by atoms with Crippen molar-refractivity contribution in [2.24, 2.45) is 0 Å². The molecule has 2 heterocycles. The number of esters is 1. The molecule has 0 aliphatic carbocycles. The van der Waals surface area contributed by atoms with Crippen molar-refractivity contribution in [3.8, 4) is 0 Å². The lowest BCUT2D eigenvalue weighted by Gasteiger charge is -2.43. The van der Waals surface area contributed by atoms with Gasteiger partial charge in [-0.1, -0.05) is 48.0 Å². The standard InChI is InChI=1S/C23H23N3O5/c1-14-8-10-17(11-9-14)20(28)24-19-18-12-25(15(2)27)21(26(18)22(19)29)23(30)31-13-16-6-4-3-5-7-16/h3-11,18-19,21H,12-13H2,1-2H3,(H,24,28)/t18?,19-,21?/m1/s1. The first kappa shape index (κ1) is 20.6. The van der Waals surface area contributed by atoms with E-state index in [1.807, 2.05) is 49.4 Å². The minimum absolute atomic E-state index is 0.0439. The Morgan fingerprint density at radius 2 is 1.74 bits per heavy atom. The van der Waals surface area contributed by atoms with Crippen molar-refractivity contribution in [1.29, 1.82) is 0 Å². The van der Waals surface area contributed by atoms with Crippen molar-refractivity contribution in [3.05, 3.63) is 71.3 Å². The molecular weight excluding hydrogens is 398 g/mol. The van der Waals surface area contributed by atoms with Crippen LogP contribution < -0.4 is 5.32 Å². The number of carbonyl (C=O) groups is 4. The summed E-state index contributed by atoms with van der Waals surface area (Å²) in [5.41, 5.74) is 2.27. The van der Waals surface area contributed by atoms with Gasteiger partial charge < -0.3 is 19.9 Å². The van der Waals surface area contributed by atoms with E-state index < -0.39 is 30.1 Å². The molecule has 2 aliphatic rings. The fourth-order valence-electron chi connectivity index (χ4n) is 3.95. The summed E-state index contributed by atoms with van der Waals surface area (Å²) in [7, 11) is 0. The maximum Gasteiger partial charge on any atom is 0.350 e. The maximum atomic E-state index is 12.8. The van der Waals surface area contributed by atoms with Crippen LogP contribution in [-0.2, 0) is 25.7 Å². The number of hydrogen-bond donors (Lipinski definition) is 1. The molecule has 2 saturated heterocycles. The highest BCUT2D eigenvalue weighted by Gasteiger charge is 2.60. The molecule has 2 aromatic carbocycles. The number of carbonyl (C=O) groups excluding carboxylic acids is 4. The number of nitrogens with zero attached hydrogens (tertiary/aromatic N) is 2. The molecular formula is C23H23N3O5. The molecule has 3 amide bonds. The van der Waals surface area contributed by atoms with Gasteiger partial charge in [0.15, 0.2) is 0 Å². The molecule has 0 radical (unpaired) electrons. The normalized spacial score (nSPS) is 21.9. The van der Waals surface area contributed by atoms with Crippen LogP contribution in [0.15, 0.2) is 54.6 Å². The van der Waals surface area contributed by atoms with E-state index in [4.69, 9.17) is 4.74 Å². The van der Waals surface area contributed by atoms with Gasteiger partial charge >= 0.3 is 5.97 Å². The summed E-state index contributed by atoms with van der Waals surface area (Å²) in [5.74, 6) is -1.79. The van der Waals surface area contributed by atoms with Gasteiger partial charge in [0.1, 0.15) is 12.6 Å². The van der Waals surface area contributed by atoms with Gasteiger partial charge in [0.25, 0.3) is 5.91 Å². The van der Waals surface area contributed by atoms with Crippen LogP contribution in [0.25, 0.3) is 0 Å². The number of β-lactam (4-membered cyclic amide) rings is 1. The number of benzene rings is 2. The Morgan fingerprint density at radius 1 is 1.06 bits per heavy atom. The van der Waals surface area contributed by atoms with Gasteiger partial charge in [-0.15, -0.1) is 0 Å². The number of ether oxygens (including phenoxy) is 1. The van der Waals surface area contributed by atoms with Crippen molar-refractivity contribution in [2.45, 2.75) is 38.7 Å². The van der Waals surface area contributed by atoms with Crippen LogP contribution in [0.5, 0.6) is 0 Å². The highest BCUT2D eigenvalue weighted by Crippen LogP contribution is 2.33. The van der Waals surface area contributed by atoms with Crippen molar-refractivity contribution in [3.63, 3.8) is 0 Å². The lowest BCUT2D eigenvalue weighted by atomic mass is 9.96. The van der Waals surface area contributed by atoms with Crippen molar-refractivity contribution in [1.82, 2.24) is 15.1 Å². The molecule has 8 nitrogen and oxygen atoms in total. The Morgan fingerprint density at radius 3 is 2.39 bits per heavy atom. The molecule has 2 aliphatic heterocycles. The van der Waals surface area contributed by atoms with Gasteiger partial charge in [0, 0.05) is 19.0 Å². The second-order valence-electron chi connectivity index (χ2n) is 7.77. The van der Waals surface area contributed by atoms with Gasteiger partial charge in [-0.2, -0.15) is 0 Å². The fourth-order valence-corrected chi connectivity index (χ4v) is 3.95. The van der Waals surface area contributed by atoms with Crippen molar-refractivity contribution >= 4 is 23.7 Å². The van der Waals surface area contributed by atoms with Crippen LogP contribution in [0.1, 0.15) is 28.4 Å². The first-order chi connectivity index (χ1) is 14.9. The maximum absolute atomic E-state index is 12.8.